The molecule has 2 aromatic rings. The number of hydrogen-bond donors (Lipinski definition) is 2. The van der Waals surface area contributed by atoms with Crippen molar-refractivity contribution < 1.29 is 23.8 Å². The molecule has 0 aliphatic heterocycles. The molecule has 0 fully saturated rings. The average molecular weight is 322 g/mol. The Balaban J connectivity index is 1.86. The molecule has 1 aromatic heterocycles. The number of aromatic nitrogens is 3. The monoisotopic (exact) mass is 322 g/mol. The molecule has 0 aliphatic carbocycles. The van der Waals surface area contributed by atoms with Crippen molar-refractivity contribution in [3.05, 3.63) is 41.5 Å². The summed E-state index contributed by atoms with van der Waals surface area (Å²) < 4.78 is 19.5. The van der Waals surface area contributed by atoms with E-state index >= 15 is 0 Å². The van der Waals surface area contributed by atoms with Crippen LogP contribution in [0.25, 0.3) is 0 Å². The fourth-order valence-electron chi connectivity index (χ4n) is 1.89. The molecule has 0 saturated heterocycles. The topological polar surface area (TPSA) is 106 Å². The van der Waals surface area contributed by atoms with E-state index in [0.29, 0.717) is 11.3 Å². The number of halogens is 1. The summed E-state index contributed by atoms with van der Waals surface area (Å²) in [6, 6.07) is 4.29. The summed E-state index contributed by atoms with van der Waals surface area (Å²) >= 11 is 0. The maximum atomic E-state index is 13.5. The Labute approximate surface area is 130 Å². The number of nitrogens with one attached hydrogen (secondary N) is 1. The van der Waals surface area contributed by atoms with Crippen LogP contribution in [0, 0.1) is 5.82 Å². The van der Waals surface area contributed by atoms with Crippen molar-refractivity contribution in [2.45, 2.75) is 19.5 Å². The maximum Gasteiger partial charge on any atom is 0.325 e. The third kappa shape index (κ3) is 4.77. The van der Waals surface area contributed by atoms with Gasteiger partial charge < -0.3 is 15.2 Å². The van der Waals surface area contributed by atoms with Gasteiger partial charge in [0.1, 0.15) is 12.2 Å². The van der Waals surface area contributed by atoms with Crippen LogP contribution in [0.5, 0.6) is 5.75 Å². The second kappa shape index (κ2) is 7.34. The predicted molar refractivity (Wildman–Crippen MR) is 76.2 cm³/mol. The highest BCUT2D eigenvalue weighted by atomic mass is 19.1. The Morgan fingerprint density at radius 1 is 1.43 bits per heavy atom. The summed E-state index contributed by atoms with van der Waals surface area (Å²) in [4.78, 5) is 22.3. The van der Waals surface area contributed by atoms with Crippen LogP contribution in [-0.2, 0) is 29.1 Å². The lowest BCUT2D eigenvalue weighted by molar-refractivity contribution is -0.138. The largest absolute Gasteiger partial charge is 0.494 e. The van der Waals surface area contributed by atoms with Crippen LogP contribution in [0.2, 0.25) is 0 Å². The van der Waals surface area contributed by atoms with Crippen molar-refractivity contribution in [3.8, 4) is 5.75 Å². The molecule has 0 saturated carbocycles. The number of carboxylic acids is 1. The number of nitrogens with zero attached hydrogens (tertiary/aromatic N) is 3. The van der Waals surface area contributed by atoms with Gasteiger partial charge in [-0.15, -0.1) is 5.10 Å². The van der Waals surface area contributed by atoms with Gasteiger partial charge in [-0.2, -0.15) is 0 Å². The smallest absolute Gasteiger partial charge is 0.325 e. The molecule has 0 aliphatic rings. The van der Waals surface area contributed by atoms with Gasteiger partial charge in [0.05, 0.1) is 26.3 Å². The number of hydrogen-bond acceptors (Lipinski definition) is 5. The second-order valence-electron chi connectivity index (χ2n) is 4.72. The van der Waals surface area contributed by atoms with Crippen LogP contribution >= 0.6 is 0 Å². The van der Waals surface area contributed by atoms with Gasteiger partial charge in [0.25, 0.3) is 0 Å². The number of aliphatic carboxylic acids is 1. The Bertz CT molecular complexity index is 717. The zero-order valence-electron chi connectivity index (χ0n) is 12.3. The fourth-order valence-corrected chi connectivity index (χ4v) is 1.89. The Morgan fingerprint density at radius 3 is 2.87 bits per heavy atom. The number of carbonyl (C=O) groups excluding carboxylic acids is 1. The molecule has 8 nitrogen and oxygen atoms in total. The van der Waals surface area contributed by atoms with Crippen molar-refractivity contribution in [1.82, 2.24) is 20.3 Å². The minimum absolute atomic E-state index is 0.00414. The van der Waals surface area contributed by atoms with Crippen LogP contribution in [0.3, 0.4) is 0 Å². The van der Waals surface area contributed by atoms with E-state index in [1.54, 1.807) is 6.07 Å². The zero-order chi connectivity index (χ0) is 16.8. The van der Waals surface area contributed by atoms with E-state index in [4.69, 9.17) is 9.84 Å². The fraction of sp³-hybridized carbons (Fsp3) is 0.286. The summed E-state index contributed by atoms with van der Waals surface area (Å²) in [5.41, 5.74) is 0.941. The average Bonchev–Trinajstić information content (AvgIpc) is 2.92. The van der Waals surface area contributed by atoms with E-state index < -0.39 is 11.8 Å². The summed E-state index contributed by atoms with van der Waals surface area (Å²) in [7, 11) is 1.36. The van der Waals surface area contributed by atoms with Gasteiger partial charge in [-0.25, -0.2) is 9.07 Å². The molecule has 1 amide bonds. The number of benzene rings is 1. The van der Waals surface area contributed by atoms with Crippen molar-refractivity contribution in [3.63, 3.8) is 0 Å². The lowest BCUT2D eigenvalue weighted by Crippen LogP contribution is -2.24. The van der Waals surface area contributed by atoms with Crippen molar-refractivity contribution >= 4 is 11.9 Å². The standard InChI is InChI=1S/C14H15FN4O4/c1-23-12-3-2-9(4-11(12)15)5-13(20)16-6-10-7-19(18-17-10)8-14(21)22/h2-4,7H,5-6,8H2,1H3,(H,16,20)(H,21,22). The Hall–Kier alpha value is -2.97. The summed E-state index contributed by atoms with van der Waals surface area (Å²) in [6.45, 7) is -0.191. The van der Waals surface area contributed by atoms with Crippen LogP contribution in [0.15, 0.2) is 24.4 Å². The number of rotatable bonds is 7. The molecule has 9 heteroatoms. The summed E-state index contributed by atoms with van der Waals surface area (Å²) in [6.07, 6.45) is 1.44. The van der Waals surface area contributed by atoms with E-state index in [9.17, 15) is 14.0 Å². The van der Waals surface area contributed by atoms with E-state index in [-0.39, 0.29) is 31.2 Å². The third-order valence-electron chi connectivity index (χ3n) is 2.93. The first-order chi connectivity index (χ1) is 11.0. The molecule has 2 rings (SSSR count). The molecule has 1 aromatic carbocycles. The molecule has 0 unspecified atom stereocenters. The Kier molecular flexibility index (Phi) is 5.23. The lowest BCUT2D eigenvalue weighted by atomic mass is 10.1. The minimum Gasteiger partial charge on any atom is -0.494 e. The molecule has 0 spiro atoms. The highest BCUT2D eigenvalue weighted by molar-refractivity contribution is 5.78. The summed E-state index contributed by atoms with van der Waals surface area (Å²) in [5, 5.41) is 18.6. The second-order valence-corrected chi connectivity index (χ2v) is 4.72. The van der Waals surface area contributed by atoms with Gasteiger partial charge in [0, 0.05) is 0 Å². The van der Waals surface area contributed by atoms with Gasteiger partial charge in [-0.1, -0.05) is 11.3 Å². The Morgan fingerprint density at radius 2 is 2.22 bits per heavy atom. The highest BCUT2D eigenvalue weighted by Gasteiger charge is 2.09. The first kappa shape index (κ1) is 16.4. The van der Waals surface area contributed by atoms with Gasteiger partial charge in [0.2, 0.25) is 5.91 Å². The lowest BCUT2D eigenvalue weighted by Gasteiger charge is -2.06. The van der Waals surface area contributed by atoms with Crippen LogP contribution in [-0.4, -0.2) is 39.1 Å². The zero-order valence-corrected chi connectivity index (χ0v) is 12.3. The third-order valence-corrected chi connectivity index (χ3v) is 2.93. The molecule has 0 radical (unpaired) electrons. The quantitative estimate of drug-likeness (QED) is 0.763. The molecular weight excluding hydrogens is 307 g/mol. The molecular formula is C14H15FN4O4. The van der Waals surface area contributed by atoms with Gasteiger partial charge >= 0.3 is 5.97 Å². The normalized spacial score (nSPS) is 10.3. The maximum absolute atomic E-state index is 13.5. The summed E-state index contributed by atoms with van der Waals surface area (Å²) in [5.74, 6) is -1.77. The molecule has 0 atom stereocenters. The van der Waals surface area contributed by atoms with Gasteiger partial charge in [-0.3, -0.25) is 9.59 Å². The van der Waals surface area contributed by atoms with E-state index in [1.165, 1.54) is 25.4 Å². The molecule has 23 heavy (non-hydrogen) atoms. The number of methoxy groups -OCH3 is 1. The van der Waals surface area contributed by atoms with Crippen molar-refractivity contribution in [1.29, 1.82) is 0 Å². The van der Waals surface area contributed by atoms with Crippen LogP contribution in [0.4, 0.5) is 4.39 Å². The van der Waals surface area contributed by atoms with Crippen LogP contribution in [0.1, 0.15) is 11.3 Å². The number of carboxylic acid groups (broad SMARTS) is 1. The van der Waals surface area contributed by atoms with Gasteiger partial charge in [-0.05, 0) is 17.7 Å². The molecule has 0 bridgehead atoms. The van der Waals surface area contributed by atoms with E-state index in [0.717, 1.165) is 4.68 Å². The SMILES string of the molecule is COc1ccc(CC(=O)NCc2cn(CC(=O)O)nn2)cc1F. The van der Waals surface area contributed by atoms with Crippen molar-refractivity contribution in [2.75, 3.05) is 7.11 Å². The van der Waals surface area contributed by atoms with Gasteiger partial charge in [0.15, 0.2) is 11.6 Å². The number of amides is 1. The molecule has 2 N–H and O–H groups in total. The molecule has 1 heterocycles. The van der Waals surface area contributed by atoms with Crippen molar-refractivity contribution in [2.24, 2.45) is 0 Å². The highest BCUT2D eigenvalue weighted by Crippen LogP contribution is 2.17. The predicted octanol–water partition coefficient (Wildman–Crippen LogP) is 0.369. The van der Waals surface area contributed by atoms with E-state index in [2.05, 4.69) is 15.6 Å². The minimum atomic E-state index is -1.04. The van der Waals surface area contributed by atoms with E-state index in [1.807, 2.05) is 0 Å². The molecule has 122 valence electrons. The number of ether oxygens (including phenoxy) is 1. The van der Waals surface area contributed by atoms with Crippen LogP contribution < -0.4 is 10.1 Å². The first-order valence-electron chi connectivity index (χ1n) is 6.68. The number of carbonyl (C=O) groups is 2. The first-order valence-corrected chi connectivity index (χ1v) is 6.68.